The van der Waals surface area contributed by atoms with Gasteiger partial charge in [0.25, 0.3) is 5.56 Å². The summed E-state index contributed by atoms with van der Waals surface area (Å²) in [5.74, 6) is 0.217. The van der Waals surface area contributed by atoms with Crippen LogP contribution in [0.5, 0.6) is 5.75 Å². The Labute approximate surface area is 207 Å². The number of para-hydroxylation sites is 2. The monoisotopic (exact) mass is 488 g/mol. The molecule has 1 saturated heterocycles. The highest BCUT2D eigenvalue weighted by molar-refractivity contribution is 5.94. The fourth-order valence-corrected chi connectivity index (χ4v) is 4.52. The van der Waals surface area contributed by atoms with Gasteiger partial charge in [-0.15, -0.1) is 0 Å². The molecule has 9 heteroatoms. The Morgan fingerprint density at radius 1 is 0.917 bits per heavy atom. The van der Waals surface area contributed by atoms with Crippen LogP contribution < -0.4 is 20.1 Å². The van der Waals surface area contributed by atoms with Crippen LogP contribution in [0, 0.1) is 5.82 Å². The number of anilines is 2. The van der Waals surface area contributed by atoms with Gasteiger partial charge in [-0.2, -0.15) is 0 Å². The summed E-state index contributed by atoms with van der Waals surface area (Å²) in [5.41, 5.74) is 1.71. The molecule has 1 aliphatic rings. The van der Waals surface area contributed by atoms with Crippen LogP contribution in [0.15, 0.2) is 71.5 Å². The zero-order chi connectivity index (χ0) is 25.2. The van der Waals surface area contributed by atoms with Crippen LogP contribution in [-0.4, -0.2) is 55.9 Å². The number of esters is 1. The zero-order valence-corrected chi connectivity index (χ0v) is 20.0. The molecular formula is C27H25FN4O4. The van der Waals surface area contributed by atoms with Gasteiger partial charge in [-0.3, -0.25) is 4.79 Å². The molecule has 0 N–H and O–H groups in total. The van der Waals surface area contributed by atoms with Gasteiger partial charge in [0, 0.05) is 26.2 Å². The quantitative estimate of drug-likeness (QED) is 0.397. The van der Waals surface area contributed by atoms with E-state index >= 15 is 0 Å². The number of methoxy groups -OCH3 is 2. The van der Waals surface area contributed by atoms with Crippen molar-refractivity contribution in [2.75, 3.05) is 50.2 Å². The standard InChI is InChI=1S/C27H25FN4O4/c1-35-24-9-4-3-8-23(24)30-12-14-31(15-13-30)27-29-22-16-18(26(34)36-2)10-11-21(22)25(33)32(27)20-7-5-6-19(28)17-20/h3-11,16-17H,12-15H2,1-2H3. The van der Waals surface area contributed by atoms with Crippen molar-refractivity contribution in [3.05, 3.63) is 88.5 Å². The number of benzene rings is 3. The molecule has 184 valence electrons. The third kappa shape index (κ3) is 4.24. The van der Waals surface area contributed by atoms with E-state index in [4.69, 9.17) is 14.5 Å². The van der Waals surface area contributed by atoms with E-state index in [2.05, 4.69) is 4.90 Å². The third-order valence-electron chi connectivity index (χ3n) is 6.33. The van der Waals surface area contributed by atoms with Gasteiger partial charge >= 0.3 is 5.97 Å². The van der Waals surface area contributed by atoms with Crippen molar-refractivity contribution in [1.29, 1.82) is 0 Å². The van der Waals surface area contributed by atoms with Gasteiger partial charge in [-0.25, -0.2) is 18.7 Å². The fourth-order valence-electron chi connectivity index (χ4n) is 4.52. The Morgan fingerprint density at radius 3 is 2.39 bits per heavy atom. The lowest BCUT2D eigenvalue weighted by atomic mass is 10.1. The van der Waals surface area contributed by atoms with E-state index in [1.54, 1.807) is 31.4 Å². The second kappa shape index (κ2) is 9.69. The number of nitrogens with zero attached hydrogens (tertiary/aromatic N) is 4. The minimum atomic E-state index is -0.514. The van der Waals surface area contributed by atoms with Crippen LogP contribution in [-0.2, 0) is 4.74 Å². The molecule has 36 heavy (non-hydrogen) atoms. The minimum Gasteiger partial charge on any atom is -0.495 e. The molecule has 0 spiro atoms. The molecule has 1 fully saturated rings. The maximum Gasteiger partial charge on any atom is 0.337 e. The number of carbonyl (C=O) groups is 1. The average molecular weight is 489 g/mol. The van der Waals surface area contributed by atoms with E-state index in [1.165, 1.54) is 29.9 Å². The number of fused-ring (bicyclic) bond motifs is 1. The Hall–Kier alpha value is -4.40. The normalized spacial score (nSPS) is 13.6. The lowest BCUT2D eigenvalue weighted by Crippen LogP contribution is -2.48. The van der Waals surface area contributed by atoms with Crippen molar-refractivity contribution >= 4 is 28.5 Å². The Balaban J connectivity index is 1.58. The SMILES string of the molecule is COC(=O)c1ccc2c(=O)n(-c3cccc(F)c3)c(N3CCN(c4ccccc4OC)CC3)nc2c1. The Morgan fingerprint density at radius 2 is 1.67 bits per heavy atom. The molecule has 0 atom stereocenters. The summed E-state index contributed by atoms with van der Waals surface area (Å²) >= 11 is 0. The second-order valence-electron chi connectivity index (χ2n) is 8.40. The van der Waals surface area contributed by atoms with Crippen LogP contribution in [0.1, 0.15) is 10.4 Å². The van der Waals surface area contributed by atoms with E-state index in [0.29, 0.717) is 54.3 Å². The third-order valence-corrected chi connectivity index (χ3v) is 6.33. The molecular weight excluding hydrogens is 463 g/mol. The van der Waals surface area contributed by atoms with Gasteiger partial charge in [0.05, 0.1) is 42.1 Å². The van der Waals surface area contributed by atoms with Gasteiger partial charge < -0.3 is 19.3 Å². The lowest BCUT2D eigenvalue weighted by molar-refractivity contribution is 0.0601. The summed E-state index contributed by atoms with van der Waals surface area (Å²) in [7, 11) is 2.95. The van der Waals surface area contributed by atoms with Gasteiger partial charge in [0.2, 0.25) is 5.95 Å². The van der Waals surface area contributed by atoms with Gasteiger partial charge in [0.1, 0.15) is 11.6 Å². The highest BCUT2D eigenvalue weighted by Gasteiger charge is 2.25. The van der Waals surface area contributed by atoms with Crippen molar-refractivity contribution in [2.45, 2.75) is 0 Å². The van der Waals surface area contributed by atoms with Crippen LogP contribution >= 0.6 is 0 Å². The molecule has 2 heterocycles. The molecule has 5 rings (SSSR count). The first-order valence-corrected chi connectivity index (χ1v) is 11.5. The molecule has 0 saturated carbocycles. The zero-order valence-electron chi connectivity index (χ0n) is 20.0. The topological polar surface area (TPSA) is 76.9 Å². The van der Waals surface area contributed by atoms with Crippen LogP contribution in [0.2, 0.25) is 0 Å². The first kappa shape index (κ1) is 23.3. The Bertz CT molecular complexity index is 1500. The van der Waals surface area contributed by atoms with E-state index < -0.39 is 11.8 Å². The summed E-state index contributed by atoms with van der Waals surface area (Å²) < 4.78 is 25.9. The average Bonchev–Trinajstić information content (AvgIpc) is 2.92. The number of hydrogen-bond acceptors (Lipinski definition) is 7. The van der Waals surface area contributed by atoms with Crippen molar-refractivity contribution in [3.8, 4) is 11.4 Å². The largest absolute Gasteiger partial charge is 0.495 e. The first-order valence-electron chi connectivity index (χ1n) is 11.5. The Kier molecular flexibility index (Phi) is 6.28. The summed E-state index contributed by atoms with van der Waals surface area (Å²) in [6.45, 7) is 2.48. The second-order valence-corrected chi connectivity index (χ2v) is 8.40. The number of ether oxygens (including phenoxy) is 2. The molecule has 1 aromatic heterocycles. The van der Waals surface area contributed by atoms with Crippen LogP contribution in [0.4, 0.5) is 16.0 Å². The maximum absolute atomic E-state index is 14.1. The van der Waals surface area contributed by atoms with Crippen LogP contribution in [0.3, 0.4) is 0 Å². The highest BCUT2D eigenvalue weighted by atomic mass is 19.1. The molecule has 3 aromatic carbocycles. The number of piperazine rings is 1. The molecule has 1 aliphatic heterocycles. The molecule has 0 unspecified atom stereocenters. The number of halogens is 1. The van der Waals surface area contributed by atoms with E-state index in [1.807, 2.05) is 29.2 Å². The van der Waals surface area contributed by atoms with Crippen molar-refractivity contribution < 1.29 is 18.7 Å². The minimum absolute atomic E-state index is 0.298. The van der Waals surface area contributed by atoms with E-state index in [0.717, 1.165) is 11.4 Å². The van der Waals surface area contributed by atoms with Crippen LogP contribution in [0.25, 0.3) is 16.6 Å². The smallest absolute Gasteiger partial charge is 0.337 e. The van der Waals surface area contributed by atoms with Crippen molar-refractivity contribution in [1.82, 2.24) is 9.55 Å². The fraction of sp³-hybridized carbons (Fsp3) is 0.222. The highest BCUT2D eigenvalue weighted by Crippen LogP contribution is 2.29. The molecule has 0 amide bonds. The summed E-state index contributed by atoms with van der Waals surface area (Å²) in [4.78, 5) is 34.7. The molecule has 0 bridgehead atoms. The predicted octanol–water partition coefficient (Wildman–Crippen LogP) is 3.65. The number of carbonyl (C=O) groups excluding carboxylic acids is 1. The van der Waals surface area contributed by atoms with E-state index in [9.17, 15) is 14.0 Å². The predicted molar refractivity (Wildman–Crippen MR) is 136 cm³/mol. The summed E-state index contributed by atoms with van der Waals surface area (Å²) in [6, 6.07) is 18.3. The van der Waals surface area contributed by atoms with Gasteiger partial charge in [0.15, 0.2) is 0 Å². The number of hydrogen-bond donors (Lipinski definition) is 0. The molecule has 4 aromatic rings. The molecule has 8 nitrogen and oxygen atoms in total. The molecule has 0 aliphatic carbocycles. The van der Waals surface area contributed by atoms with E-state index in [-0.39, 0.29) is 5.56 Å². The maximum atomic E-state index is 14.1. The first-order chi connectivity index (χ1) is 17.5. The number of aromatic nitrogens is 2. The lowest BCUT2D eigenvalue weighted by Gasteiger charge is -2.37. The summed E-state index contributed by atoms with van der Waals surface area (Å²) in [5, 5.41) is 0.323. The van der Waals surface area contributed by atoms with Crippen molar-refractivity contribution in [2.24, 2.45) is 0 Å². The van der Waals surface area contributed by atoms with Crippen molar-refractivity contribution in [3.63, 3.8) is 0 Å². The summed E-state index contributed by atoms with van der Waals surface area (Å²) in [6.07, 6.45) is 0. The number of rotatable bonds is 5. The van der Waals surface area contributed by atoms with Gasteiger partial charge in [-0.05, 0) is 48.5 Å². The molecule has 0 radical (unpaired) electrons. The van der Waals surface area contributed by atoms with Gasteiger partial charge in [-0.1, -0.05) is 18.2 Å².